The average Bonchev–Trinajstić information content (AvgIpc) is 3.33. The van der Waals surface area contributed by atoms with E-state index in [2.05, 4.69) is 0 Å². The number of nitrogens with zero attached hydrogens (tertiary/aromatic N) is 2. The predicted octanol–water partition coefficient (Wildman–Crippen LogP) is 5.88. The summed E-state index contributed by atoms with van der Waals surface area (Å²) in [7, 11) is -2.56. The van der Waals surface area contributed by atoms with E-state index in [9.17, 15) is 27.8 Å². The zero-order valence-corrected chi connectivity index (χ0v) is 25.9. The molecule has 0 bridgehead atoms. The van der Waals surface area contributed by atoms with Crippen molar-refractivity contribution < 1.29 is 32.9 Å². The summed E-state index contributed by atoms with van der Waals surface area (Å²) in [6, 6.07) is 24.3. The summed E-state index contributed by atoms with van der Waals surface area (Å²) in [4.78, 5) is 11.2. The van der Waals surface area contributed by atoms with Gasteiger partial charge in [0.1, 0.15) is 10.7 Å². The number of carbonyl (C=O) groups is 1. The number of halogens is 1. The fraction of sp³-hybridized carbons (Fsp3) is 0.324. The van der Waals surface area contributed by atoms with Crippen molar-refractivity contribution in [3.05, 3.63) is 102 Å². The Hall–Kier alpha value is -3.83. The van der Waals surface area contributed by atoms with E-state index in [0.29, 0.717) is 28.1 Å². The van der Waals surface area contributed by atoms with Crippen molar-refractivity contribution in [1.29, 1.82) is 0 Å². The molecule has 0 amide bonds. The Morgan fingerprint density at radius 1 is 0.886 bits per heavy atom. The van der Waals surface area contributed by atoms with E-state index in [0.717, 1.165) is 5.56 Å². The summed E-state index contributed by atoms with van der Waals surface area (Å²) >= 11 is 0. The fourth-order valence-corrected chi connectivity index (χ4v) is 7.25. The first kappa shape index (κ1) is 33.1. The Labute approximate surface area is 258 Å². The van der Waals surface area contributed by atoms with E-state index in [4.69, 9.17) is 5.11 Å². The zero-order valence-electron chi connectivity index (χ0n) is 25.1. The third kappa shape index (κ3) is 7.62. The Morgan fingerprint density at radius 3 is 2.05 bits per heavy atom. The van der Waals surface area contributed by atoms with Gasteiger partial charge in [-0.3, -0.25) is 4.79 Å². The molecule has 0 saturated heterocycles. The molecule has 0 aliphatic rings. The van der Waals surface area contributed by atoms with Gasteiger partial charge in [-0.2, -0.15) is 4.31 Å². The van der Waals surface area contributed by atoms with Crippen LogP contribution >= 0.6 is 0 Å². The van der Waals surface area contributed by atoms with Gasteiger partial charge in [-0.05, 0) is 59.7 Å². The van der Waals surface area contributed by atoms with Gasteiger partial charge in [0.2, 0.25) is 10.0 Å². The molecule has 10 heteroatoms. The first-order chi connectivity index (χ1) is 20.9. The van der Waals surface area contributed by atoms with E-state index in [1.165, 1.54) is 16.4 Å². The molecular formula is C34H39FN2O6S. The summed E-state index contributed by atoms with van der Waals surface area (Å²) in [5.41, 5.74) is 3.65. The van der Waals surface area contributed by atoms with Crippen molar-refractivity contribution in [2.75, 3.05) is 7.05 Å². The SMILES string of the molecule is CC(C)c1c(S(=O)(=O)N(C)Cc2ccccc2)c(-c2ccccc2)c(-c2ccc(F)cc2)n1CC[C@@H](O)C[C@@H](O)CC(=O)O. The fourth-order valence-electron chi connectivity index (χ4n) is 5.54. The van der Waals surface area contributed by atoms with Crippen LogP contribution in [0, 0.1) is 5.82 Å². The number of carboxylic acids is 1. The van der Waals surface area contributed by atoms with Gasteiger partial charge in [0.25, 0.3) is 0 Å². The Morgan fingerprint density at radius 2 is 1.48 bits per heavy atom. The molecule has 44 heavy (non-hydrogen) atoms. The number of rotatable bonds is 14. The molecule has 0 radical (unpaired) electrons. The van der Waals surface area contributed by atoms with E-state index in [1.54, 1.807) is 19.2 Å². The van der Waals surface area contributed by atoms with Crippen molar-refractivity contribution >= 4 is 16.0 Å². The quantitative estimate of drug-likeness (QED) is 0.162. The van der Waals surface area contributed by atoms with Crippen LogP contribution in [0.2, 0.25) is 0 Å². The highest BCUT2D eigenvalue weighted by atomic mass is 32.2. The van der Waals surface area contributed by atoms with Gasteiger partial charge in [-0.15, -0.1) is 0 Å². The minimum Gasteiger partial charge on any atom is -0.481 e. The van der Waals surface area contributed by atoms with E-state index < -0.39 is 40.4 Å². The maximum Gasteiger partial charge on any atom is 0.305 e. The van der Waals surface area contributed by atoms with Crippen LogP contribution in [0.15, 0.2) is 89.8 Å². The highest BCUT2D eigenvalue weighted by molar-refractivity contribution is 7.89. The van der Waals surface area contributed by atoms with Crippen LogP contribution in [0.4, 0.5) is 4.39 Å². The van der Waals surface area contributed by atoms with Crippen molar-refractivity contribution in [3.63, 3.8) is 0 Å². The molecule has 1 heterocycles. The first-order valence-corrected chi connectivity index (χ1v) is 16.0. The first-order valence-electron chi connectivity index (χ1n) is 14.6. The molecule has 0 aliphatic heterocycles. The number of sulfonamides is 1. The molecule has 0 fully saturated rings. The smallest absolute Gasteiger partial charge is 0.305 e. The van der Waals surface area contributed by atoms with Crippen LogP contribution in [0.5, 0.6) is 0 Å². The minimum atomic E-state index is -4.11. The van der Waals surface area contributed by atoms with Gasteiger partial charge in [-0.25, -0.2) is 12.8 Å². The number of hydrogen-bond donors (Lipinski definition) is 3. The normalized spacial score (nSPS) is 13.4. The van der Waals surface area contributed by atoms with Crippen LogP contribution in [-0.2, 0) is 27.9 Å². The Bertz CT molecular complexity index is 1660. The largest absolute Gasteiger partial charge is 0.481 e. The lowest BCUT2D eigenvalue weighted by molar-refractivity contribution is -0.139. The monoisotopic (exact) mass is 622 g/mol. The molecule has 4 rings (SSSR count). The van der Waals surface area contributed by atoms with Crippen LogP contribution in [0.25, 0.3) is 22.4 Å². The van der Waals surface area contributed by atoms with Gasteiger partial charge in [0, 0.05) is 31.4 Å². The molecule has 3 N–H and O–H groups in total. The van der Waals surface area contributed by atoms with E-state index in [-0.39, 0.29) is 36.7 Å². The van der Waals surface area contributed by atoms with Crippen LogP contribution in [-0.4, -0.2) is 57.8 Å². The summed E-state index contributed by atoms with van der Waals surface area (Å²) in [5.74, 6) is -1.88. The second kappa shape index (κ2) is 14.3. The molecule has 4 aromatic rings. The number of aliphatic hydroxyl groups is 2. The number of aromatic nitrogens is 1. The van der Waals surface area contributed by atoms with Gasteiger partial charge in [0.05, 0.1) is 24.3 Å². The molecule has 8 nitrogen and oxygen atoms in total. The lowest BCUT2D eigenvalue weighted by Crippen LogP contribution is -2.28. The lowest BCUT2D eigenvalue weighted by Gasteiger charge is -2.22. The van der Waals surface area contributed by atoms with Crippen molar-refractivity contribution in [3.8, 4) is 22.4 Å². The van der Waals surface area contributed by atoms with Crippen LogP contribution < -0.4 is 0 Å². The Balaban J connectivity index is 1.94. The lowest BCUT2D eigenvalue weighted by atomic mass is 10.0. The van der Waals surface area contributed by atoms with Gasteiger partial charge in [-0.1, -0.05) is 74.5 Å². The van der Waals surface area contributed by atoms with Crippen LogP contribution in [0.3, 0.4) is 0 Å². The second-order valence-corrected chi connectivity index (χ2v) is 13.3. The maximum absolute atomic E-state index is 14.6. The van der Waals surface area contributed by atoms with Crippen LogP contribution in [0.1, 0.15) is 50.3 Å². The number of aliphatic carboxylic acids is 1. The molecule has 3 aromatic carbocycles. The Kier molecular flexibility index (Phi) is 10.7. The zero-order chi connectivity index (χ0) is 32.0. The van der Waals surface area contributed by atoms with Gasteiger partial charge in [0.15, 0.2) is 0 Å². The third-order valence-electron chi connectivity index (χ3n) is 7.54. The standard InChI is InChI=1S/C34H39FN2O6S/c1-23(2)32-34(44(42,43)36(3)22-24-10-6-4-7-11-24)31(25-12-8-5-9-13-25)33(26-14-16-27(35)17-15-26)37(32)19-18-28(38)20-29(39)21-30(40)41/h4-17,23,28-29,38-39H,18-22H2,1-3H3,(H,40,41)/t28-,29-/m1/s1. The molecule has 0 unspecified atom stereocenters. The third-order valence-corrected chi connectivity index (χ3v) is 9.42. The highest BCUT2D eigenvalue weighted by Crippen LogP contribution is 2.45. The molecule has 1 aromatic heterocycles. The number of aliphatic hydroxyl groups excluding tert-OH is 2. The summed E-state index contributed by atoms with van der Waals surface area (Å²) in [6.45, 7) is 4.11. The average molecular weight is 623 g/mol. The summed E-state index contributed by atoms with van der Waals surface area (Å²) < 4.78 is 46.5. The second-order valence-electron chi connectivity index (χ2n) is 11.3. The van der Waals surface area contributed by atoms with Crippen molar-refractivity contribution in [2.24, 2.45) is 0 Å². The summed E-state index contributed by atoms with van der Waals surface area (Å²) in [5, 5.41) is 29.9. The number of hydrogen-bond acceptors (Lipinski definition) is 5. The molecular weight excluding hydrogens is 583 g/mol. The molecule has 2 atom stereocenters. The molecule has 0 saturated carbocycles. The van der Waals surface area contributed by atoms with Crippen molar-refractivity contribution in [2.45, 2.75) is 69.2 Å². The molecule has 234 valence electrons. The summed E-state index contributed by atoms with van der Waals surface area (Å²) in [6.07, 6.45) is -2.79. The highest BCUT2D eigenvalue weighted by Gasteiger charge is 2.36. The van der Waals surface area contributed by atoms with E-state index in [1.807, 2.05) is 79.1 Å². The van der Waals surface area contributed by atoms with E-state index >= 15 is 0 Å². The van der Waals surface area contributed by atoms with Gasteiger partial charge < -0.3 is 19.9 Å². The predicted molar refractivity (Wildman–Crippen MR) is 168 cm³/mol. The number of carboxylic acid groups (broad SMARTS) is 1. The molecule has 0 spiro atoms. The van der Waals surface area contributed by atoms with Gasteiger partial charge >= 0.3 is 5.97 Å². The number of benzene rings is 3. The molecule has 0 aliphatic carbocycles. The maximum atomic E-state index is 14.6. The van der Waals surface area contributed by atoms with Crippen molar-refractivity contribution in [1.82, 2.24) is 8.87 Å². The minimum absolute atomic E-state index is 0.118. The topological polar surface area (TPSA) is 120 Å².